The van der Waals surface area contributed by atoms with E-state index in [1.165, 1.54) is 6.33 Å². The van der Waals surface area contributed by atoms with Crippen molar-refractivity contribution >= 4 is 17.4 Å². The van der Waals surface area contributed by atoms with E-state index in [0.29, 0.717) is 22.9 Å². The van der Waals surface area contributed by atoms with Crippen LogP contribution in [0.2, 0.25) is 5.15 Å². The van der Waals surface area contributed by atoms with E-state index in [1.807, 2.05) is 7.05 Å². The van der Waals surface area contributed by atoms with Gasteiger partial charge in [0.1, 0.15) is 6.33 Å². The molecule has 0 fully saturated rings. The van der Waals surface area contributed by atoms with E-state index in [4.69, 9.17) is 16.3 Å². The third kappa shape index (κ3) is 2.55. The molecule has 0 aliphatic carbocycles. The normalized spacial score (nSPS) is 12.7. The van der Waals surface area contributed by atoms with Crippen molar-refractivity contribution in [3.63, 3.8) is 0 Å². The zero-order valence-corrected chi connectivity index (χ0v) is 11.1. The zero-order valence-electron chi connectivity index (χ0n) is 10.4. The Bertz CT molecular complexity index is 357. The minimum Gasteiger partial charge on any atom is -0.490 e. The van der Waals surface area contributed by atoms with Gasteiger partial charge in [-0.05, 0) is 12.8 Å². The van der Waals surface area contributed by atoms with Crippen LogP contribution in [-0.2, 0) is 0 Å². The Morgan fingerprint density at radius 2 is 1.94 bits per heavy atom. The predicted molar refractivity (Wildman–Crippen MR) is 66.3 cm³/mol. The molecular weight excluding hydrogens is 226 g/mol. The van der Waals surface area contributed by atoms with Crippen LogP contribution in [0.5, 0.6) is 5.75 Å². The lowest BCUT2D eigenvalue weighted by Gasteiger charge is -2.29. The smallest absolute Gasteiger partial charge is 0.199 e. The van der Waals surface area contributed by atoms with Crippen LogP contribution < -0.4 is 9.64 Å². The summed E-state index contributed by atoms with van der Waals surface area (Å²) in [5, 5.41) is 0.343. The van der Waals surface area contributed by atoms with E-state index >= 15 is 0 Å². The fourth-order valence-electron chi connectivity index (χ4n) is 1.41. The van der Waals surface area contributed by atoms with Gasteiger partial charge < -0.3 is 9.64 Å². The Morgan fingerprint density at radius 1 is 1.31 bits per heavy atom. The Kier molecular flexibility index (Phi) is 4.35. The van der Waals surface area contributed by atoms with Crippen LogP contribution in [0.25, 0.3) is 0 Å². The maximum atomic E-state index is 5.96. The summed E-state index contributed by atoms with van der Waals surface area (Å²) < 4.78 is 5.23. The molecule has 0 radical (unpaired) electrons. The Labute approximate surface area is 102 Å². The fourth-order valence-corrected chi connectivity index (χ4v) is 1.62. The van der Waals surface area contributed by atoms with Gasteiger partial charge in [0.05, 0.1) is 7.11 Å². The first kappa shape index (κ1) is 13.0. The molecular formula is C11H18ClN3O. The van der Waals surface area contributed by atoms with E-state index in [9.17, 15) is 0 Å². The van der Waals surface area contributed by atoms with Crippen molar-refractivity contribution in [2.24, 2.45) is 5.92 Å². The van der Waals surface area contributed by atoms with Crippen molar-refractivity contribution in [2.75, 3.05) is 19.1 Å². The summed E-state index contributed by atoms with van der Waals surface area (Å²) >= 11 is 5.96. The highest BCUT2D eigenvalue weighted by Crippen LogP contribution is 2.32. The van der Waals surface area contributed by atoms with Crippen molar-refractivity contribution in [2.45, 2.75) is 26.8 Å². The van der Waals surface area contributed by atoms with Gasteiger partial charge in [-0.3, -0.25) is 0 Å². The molecule has 90 valence electrons. The molecule has 0 N–H and O–H groups in total. The third-order valence-electron chi connectivity index (χ3n) is 2.86. The maximum Gasteiger partial charge on any atom is 0.199 e. The monoisotopic (exact) mass is 243 g/mol. The summed E-state index contributed by atoms with van der Waals surface area (Å²) in [6, 6.07) is 0.347. The van der Waals surface area contributed by atoms with E-state index < -0.39 is 0 Å². The summed E-state index contributed by atoms with van der Waals surface area (Å²) in [6.45, 7) is 6.47. The van der Waals surface area contributed by atoms with Crippen LogP contribution in [0.3, 0.4) is 0 Å². The van der Waals surface area contributed by atoms with Gasteiger partial charge in [0.15, 0.2) is 16.7 Å². The quantitative estimate of drug-likeness (QED) is 0.762. The lowest BCUT2D eigenvalue weighted by molar-refractivity contribution is 0.406. The van der Waals surface area contributed by atoms with Gasteiger partial charge in [-0.2, -0.15) is 0 Å². The molecule has 5 heteroatoms. The highest BCUT2D eigenvalue weighted by atomic mass is 35.5. The predicted octanol–water partition coefficient (Wildman–Crippen LogP) is 2.62. The van der Waals surface area contributed by atoms with Crippen LogP contribution in [0.1, 0.15) is 20.8 Å². The number of anilines is 1. The van der Waals surface area contributed by atoms with Crippen LogP contribution >= 0.6 is 11.6 Å². The second-order valence-corrected chi connectivity index (χ2v) is 4.47. The molecule has 0 saturated heterocycles. The number of ether oxygens (including phenoxy) is 1. The number of halogens is 1. The van der Waals surface area contributed by atoms with E-state index in [2.05, 4.69) is 35.6 Å². The topological polar surface area (TPSA) is 38.3 Å². The average molecular weight is 244 g/mol. The average Bonchev–Trinajstić information content (AvgIpc) is 2.26. The SMILES string of the molecule is COc1c(Cl)ncnc1N(C)C(C)C(C)C. The number of nitrogens with zero attached hydrogens (tertiary/aromatic N) is 3. The van der Waals surface area contributed by atoms with Crippen LogP contribution in [-0.4, -0.2) is 30.2 Å². The van der Waals surface area contributed by atoms with Crippen LogP contribution in [0.15, 0.2) is 6.33 Å². The van der Waals surface area contributed by atoms with E-state index in [-0.39, 0.29) is 0 Å². The number of aromatic nitrogens is 2. The van der Waals surface area contributed by atoms with Crippen molar-refractivity contribution in [1.82, 2.24) is 9.97 Å². The lowest BCUT2D eigenvalue weighted by atomic mass is 10.1. The molecule has 1 unspecified atom stereocenters. The lowest BCUT2D eigenvalue weighted by Crippen LogP contribution is -2.34. The van der Waals surface area contributed by atoms with Crippen molar-refractivity contribution in [3.05, 3.63) is 11.5 Å². The molecule has 16 heavy (non-hydrogen) atoms. The second-order valence-electron chi connectivity index (χ2n) is 4.12. The Hall–Kier alpha value is -1.03. The molecule has 0 saturated carbocycles. The summed E-state index contributed by atoms with van der Waals surface area (Å²) in [7, 11) is 3.55. The van der Waals surface area contributed by atoms with E-state index in [1.54, 1.807) is 7.11 Å². The van der Waals surface area contributed by atoms with Gasteiger partial charge in [0.25, 0.3) is 0 Å². The Balaban J connectivity index is 3.08. The number of methoxy groups -OCH3 is 1. The fraction of sp³-hybridized carbons (Fsp3) is 0.636. The molecule has 0 aromatic carbocycles. The van der Waals surface area contributed by atoms with Crippen LogP contribution in [0.4, 0.5) is 5.82 Å². The minimum atomic E-state index is 0.343. The van der Waals surface area contributed by atoms with Crippen molar-refractivity contribution in [3.8, 4) is 5.75 Å². The van der Waals surface area contributed by atoms with Gasteiger partial charge in [0.2, 0.25) is 0 Å². The van der Waals surface area contributed by atoms with Crippen molar-refractivity contribution in [1.29, 1.82) is 0 Å². The van der Waals surface area contributed by atoms with Gasteiger partial charge >= 0.3 is 0 Å². The second kappa shape index (κ2) is 5.34. The van der Waals surface area contributed by atoms with Crippen LogP contribution in [0, 0.1) is 5.92 Å². The first-order valence-electron chi connectivity index (χ1n) is 5.26. The first-order valence-corrected chi connectivity index (χ1v) is 5.64. The molecule has 1 heterocycles. The molecule has 1 aromatic rings. The zero-order chi connectivity index (χ0) is 12.3. The number of hydrogen-bond acceptors (Lipinski definition) is 4. The molecule has 1 aromatic heterocycles. The highest BCUT2D eigenvalue weighted by molar-refractivity contribution is 6.31. The van der Waals surface area contributed by atoms with Gasteiger partial charge in [-0.25, -0.2) is 9.97 Å². The molecule has 1 rings (SSSR count). The standard InChI is InChI=1S/C11H18ClN3O/c1-7(2)8(3)15(4)11-9(16-5)10(12)13-6-14-11/h6-8H,1-5H3. The Morgan fingerprint density at radius 3 is 2.44 bits per heavy atom. The first-order chi connectivity index (χ1) is 7.49. The summed E-state index contributed by atoms with van der Waals surface area (Å²) in [6.07, 6.45) is 1.45. The molecule has 0 bridgehead atoms. The highest BCUT2D eigenvalue weighted by Gasteiger charge is 2.20. The third-order valence-corrected chi connectivity index (χ3v) is 3.12. The maximum absolute atomic E-state index is 5.96. The molecule has 1 atom stereocenters. The molecule has 0 amide bonds. The number of rotatable bonds is 4. The summed E-state index contributed by atoms with van der Waals surface area (Å²) in [5.74, 6) is 1.77. The van der Waals surface area contributed by atoms with E-state index in [0.717, 1.165) is 5.82 Å². The summed E-state index contributed by atoms with van der Waals surface area (Å²) in [5.41, 5.74) is 0. The van der Waals surface area contributed by atoms with Gasteiger partial charge in [-0.1, -0.05) is 25.4 Å². The number of hydrogen-bond donors (Lipinski definition) is 0. The minimum absolute atomic E-state index is 0.343. The molecule has 0 aliphatic rings. The molecule has 0 aliphatic heterocycles. The van der Waals surface area contributed by atoms with Gasteiger partial charge in [-0.15, -0.1) is 0 Å². The molecule has 4 nitrogen and oxygen atoms in total. The largest absolute Gasteiger partial charge is 0.490 e. The van der Waals surface area contributed by atoms with Crippen molar-refractivity contribution < 1.29 is 4.74 Å². The molecule has 0 spiro atoms. The van der Waals surface area contributed by atoms with Gasteiger partial charge in [0, 0.05) is 13.1 Å². The summed E-state index contributed by atoms with van der Waals surface area (Å²) in [4.78, 5) is 10.2.